The molecule has 0 aliphatic heterocycles. The topological polar surface area (TPSA) is 38.7 Å². The van der Waals surface area contributed by atoms with Gasteiger partial charge < -0.3 is 13.6 Å². The molecule has 0 bridgehead atoms. The van der Waals surface area contributed by atoms with Gasteiger partial charge >= 0.3 is 8.80 Å². The maximum absolute atomic E-state index is 10.5. The van der Waals surface area contributed by atoms with E-state index in [1.165, 1.54) is 0 Å². The maximum atomic E-state index is 10.5. The molecule has 3 nitrogen and oxygen atoms in total. The van der Waals surface area contributed by atoms with E-state index in [4.69, 9.17) is 8.85 Å². The first-order valence-corrected chi connectivity index (χ1v) is 7.48. The van der Waals surface area contributed by atoms with Crippen LogP contribution in [0.2, 0.25) is 0 Å². The fourth-order valence-corrected chi connectivity index (χ4v) is 3.47. The standard InChI is InChI=1S/C12H20O3Si/c1-4-11(3)15-16(13,14-5-2)12-9-7-6-8-10-12/h6-11,13H,4-5H2,1-3H3. The highest BCUT2D eigenvalue weighted by Gasteiger charge is 2.40. The molecule has 1 rings (SSSR count). The molecular weight excluding hydrogens is 220 g/mol. The smallest absolute Gasteiger partial charge is 0.386 e. The Balaban J connectivity index is 2.88. The van der Waals surface area contributed by atoms with Crippen molar-refractivity contribution >= 4 is 14.0 Å². The summed E-state index contributed by atoms with van der Waals surface area (Å²) in [5.74, 6) is 0. The lowest BCUT2D eigenvalue weighted by atomic mass is 10.3. The van der Waals surface area contributed by atoms with Crippen molar-refractivity contribution in [2.45, 2.75) is 33.3 Å². The Kier molecular flexibility index (Phi) is 5.14. The molecule has 0 fully saturated rings. The number of rotatable bonds is 6. The maximum Gasteiger partial charge on any atom is 0.534 e. The van der Waals surface area contributed by atoms with Crippen molar-refractivity contribution in [2.75, 3.05) is 6.61 Å². The molecule has 0 aliphatic carbocycles. The van der Waals surface area contributed by atoms with Gasteiger partial charge in [0.05, 0.1) is 0 Å². The van der Waals surface area contributed by atoms with E-state index >= 15 is 0 Å². The first kappa shape index (κ1) is 13.4. The van der Waals surface area contributed by atoms with Crippen LogP contribution in [0.5, 0.6) is 0 Å². The van der Waals surface area contributed by atoms with E-state index in [2.05, 4.69) is 0 Å². The van der Waals surface area contributed by atoms with E-state index in [1.807, 2.05) is 51.1 Å². The average Bonchev–Trinajstić information content (AvgIpc) is 2.30. The third-order valence-electron chi connectivity index (χ3n) is 2.41. The van der Waals surface area contributed by atoms with Gasteiger partial charge in [-0.05, 0) is 20.3 Å². The monoisotopic (exact) mass is 240 g/mol. The molecule has 0 saturated carbocycles. The lowest BCUT2D eigenvalue weighted by Gasteiger charge is -2.26. The molecule has 2 atom stereocenters. The van der Waals surface area contributed by atoms with Crippen molar-refractivity contribution < 1.29 is 13.6 Å². The Morgan fingerprint density at radius 3 is 2.38 bits per heavy atom. The molecule has 1 aromatic carbocycles. The van der Waals surface area contributed by atoms with E-state index < -0.39 is 8.80 Å². The molecular formula is C12H20O3Si. The molecule has 0 spiro atoms. The van der Waals surface area contributed by atoms with Gasteiger partial charge in [-0.15, -0.1) is 0 Å². The van der Waals surface area contributed by atoms with Crippen molar-refractivity contribution in [1.82, 2.24) is 0 Å². The fraction of sp³-hybridized carbons (Fsp3) is 0.500. The third kappa shape index (κ3) is 3.42. The van der Waals surface area contributed by atoms with E-state index in [0.717, 1.165) is 11.6 Å². The predicted octanol–water partition coefficient (Wildman–Crippen LogP) is 1.68. The summed E-state index contributed by atoms with van der Waals surface area (Å²) >= 11 is 0. The van der Waals surface area contributed by atoms with Crippen LogP contribution in [0.1, 0.15) is 27.2 Å². The third-order valence-corrected chi connectivity index (χ3v) is 4.88. The minimum absolute atomic E-state index is 0.00317. The first-order chi connectivity index (χ1) is 7.62. The van der Waals surface area contributed by atoms with Crippen molar-refractivity contribution in [3.05, 3.63) is 30.3 Å². The van der Waals surface area contributed by atoms with Gasteiger partial charge in [0.25, 0.3) is 0 Å². The zero-order valence-electron chi connectivity index (χ0n) is 10.1. The summed E-state index contributed by atoms with van der Waals surface area (Å²) in [4.78, 5) is 10.5. The summed E-state index contributed by atoms with van der Waals surface area (Å²) in [6.45, 7) is 6.28. The minimum Gasteiger partial charge on any atom is -0.386 e. The van der Waals surface area contributed by atoms with Crippen LogP contribution in [0.3, 0.4) is 0 Å². The quantitative estimate of drug-likeness (QED) is 0.769. The summed E-state index contributed by atoms with van der Waals surface area (Å²) in [6, 6.07) is 9.38. The van der Waals surface area contributed by atoms with Crippen LogP contribution >= 0.6 is 0 Å². The number of benzene rings is 1. The predicted molar refractivity (Wildman–Crippen MR) is 66.5 cm³/mol. The van der Waals surface area contributed by atoms with E-state index in [-0.39, 0.29) is 6.10 Å². The zero-order chi connectivity index (χ0) is 12.0. The Morgan fingerprint density at radius 1 is 1.25 bits per heavy atom. The lowest BCUT2D eigenvalue weighted by Crippen LogP contribution is -2.55. The zero-order valence-corrected chi connectivity index (χ0v) is 11.1. The van der Waals surface area contributed by atoms with Crippen molar-refractivity contribution in [1.29, 1.82) is 0 Å². The van der Waals surface area contributed by atoms with E-state index in [0.29, 0.717) is 6.61 Å². The second-order valence-corrected chi connectivity index (χ2v) is 5.98. The van der Waals surface area contributed by atoms with Gasteiger partial charge in [-0.1, -0.05) is 37.3 Å². The molecule has 0 aromatic heterocycles. The summed E-state index contributed by atoms with van der Waals surface area (Å²) in [7, 11) is -3.21. The van der Waals surface area contributed by atoms with Crippen LogP contribution in [-0.2, 0) is 8.85 Å². The van der Waals surface area contributed by atoms with Crippen LogP contribution in [0.4, 0.5) is 0 Å². The fourth-order valence-electron chi connectivity index (χ4n) is 1.39. The van der Waals surface area contributed by atoms with E-state index in [9.17, 15) is 4.80 Å². The Morgan fingerprint density at radius 2 is 1.88 bits per heavy atom. The summed E-state index contributed by atoms with van der Waals surface area (Å²) in [5, 5.41) is 0.761. The van der Waals surface area contributed by atoms with Gasteiger partial charge in [-0.25, -0.2) is 0 Å². The SMILES string of the molecule is CCO[Si](O)(OC(C)CC)c1ccccc1. The molecule has 0 radical (unpaired) electrons. The molecule has 1 N–H and O–H groups in total. The molecule has 0 amide bonds. The summed E-state index contributed by atoms with van der Waals surface area (Å²) < 4.78 is 11.1. The van der Waals surface area contributed by atoms with Crippen molar-refractivity contribution in [3.63, 3.8) is 0 Å². The van der Waals surface area contributed by atoms with Gasteiger partial charge in [-0.2, -0.15) is 0 Å². The van der Waals surface area contributed by atoms with Gasteiger partial charge in [0, 0.05) is 17.9 Å². The highest BCUT2D eigenvalue weighted by atomic mass is 28.4. The van der Waals surface area contributed by atoms with Crippen LogP contribution in [0.15, 0.2) is 30.3 Å². The highest BCUT2D eigenvalue weighted by Crippen LogP contribution is 2.09. The molecule has 0 aliphatic rings. The summed E-state index contributed by atoms with van der Waals surface area (Å²) in [6.07, 6.45) is 0.860. The van der Waals surface area contributed by atoms with Gasteiger partial charge in [-0.3, -0.25) is 0 Å². The molecule has 0 saturated heterocycles. The average molecular weight is 240 g/mol. The molecule has 16 heavy (non-hydrogen) atoms. The number of hydrogen-bond acceptors (Lipinski definition) is 3. The van der Waals surface area contributed by atoms with Gasteiger partial charge in [0.1, 0.15) is 0 Å². The second-order valence-electron chi connectivity index (χ2n) is 3.72. The normalized spacial score (nSPS) is 16.8. The largest absolute Gasteiger partial charge is 0.534 e. The second kappa shape index (κ2) is 6.15. The highest BCUT2D eigenvalue weighted by molar-refractivity contribution is 6.74. The van der Waals surface area contributed by atoms with Crippen LogP contribution < -0.4 is 5.19 Å². The van der Waals surface area contributed by atoms with Crippen molar-refractivity contribution in [2.24, 2.45) is 0 Å². The Labute approximate surface area is 98.4 Å². The molecule has 2 unspecified atom stereocenters. The van der Waals surface area contributed by atoms with Gasteiger partial charge in [0.2, 0.25) is 0 Å². The van der Waals surface area contributed by atoms with Crippen LogP contribution in [-0.4, -0.2) is 26.3 Å². The molecule has 0 heterocycles. The Bertz CT molecular complexity index is 304. The van der Waals surface area contributed by atoms with Gasteiger partial charge in [0.15, 0.2) is 0 Å². The first-order valence-electron chi connectivity index (χ1n) is 5.72. The minimum atomic E-state index is -3.21. The number of hydrogen-bond donors (Lipinski definition) is 1. The van der Waals surface area contributed by atoms with Crippen LogP contribution in [0.25, 0.3) is 0 Å². The summed E-state index contributed by atoms with van der Waals surface area (Å²) in [5.41, 5.74) is 0. The van der Waals surface area contributed by atoms with E-state index in [1.54, 1.807) is 0 Å². The molecule has 1 aromatic rings. The lowest BCUT2D eigenvalue weighted by molar-refractivity contribution is 0.0779. The molecule has 90 valence electrons. The van der Waals surface area contributed by atoms with Crippen molar-refractivity contribution in [3.8, 4) is 0 Å². The Hall–Kier alpha value is -0.683. The van der Waals surface area contributed by atoms with Crippen LogP contribution in [0, 0.1) is 0 Å². The molecule has 4 heteroatoms.